The second-order valence-corrected chi connectivity index (χ2v) is 4.82. The van der Waals surface area contributed by atoms with Gasteiger partial charge in [0.1, 0.15) is 24.5 Å². The minimum atomic E-state index is -0.984. The first kappa shape index (κ1) is 13.5. The van der Waals surface area contributed by atoms with Crippen molar-refractivity contribution in [2.75, 3.05) is 13.2 Å². The lowest BCUT2D eigenvalue weighted by Crippen LogP contribution is -2.15. The van der Waals surface area contributed by atoms with Crippen LogP contribution in [0.3, 0.4) is 0 Å². The van der Waals surface area contributed by atoms with Crippen LogP contribution in [-0.2, 0) is 6.54 Å². The van der Waals surface area contributed by atoms with Crippen molar-refractivity contribution in [1.29, 1.82) is 0 Å². The molecule has 110 valence electrons. The Labute approximate surface area is 121 Å². The van der Waals surface area contributed by atoms with E-state index in [4.69, 9.17) is 9.47 Å². The van der Waals surface area contributed by atoms with Gasteiger partial charge in [-0.2, -0.15) is 5.10 Å². The summed E-state index contributed by atoms with van der Waals surface area (Å²) in [5.41, 5.74) is 1.36. The van der Waals surface area contributed by atoms with Crippen LogP contribution < -0.4 is 9.47 Å². The Bertz CT molecular complexity index is 678. The van der Waals surface area contributed by atoms with Gasteiger partial charge in [0, 0.05) is 18.3 Å². The smallest absolute Gasteiger partial charge is 0.339 e. The predicted molar refractivity (Wildman–Crippen MR) is 75.9 cm³/mol. The van der Waals surface area contributed by atoms with E-state index in [0.29, 0.717) is 42.5 Å². The van der Waals surface area contributed by atoms with E-state index in [0.717, 1.165) is 6.42 Å². The lowest BCUT2D eigenvalue weighted by atomic mass is 10.1. The SMILES string of the molecule is CCCn1cc(C(=O)O)c(-c2ccc3c(c2)OCCO3)n1. The summed E-state index contributed by atoms with van der Waals surface area (Å²) in [5.74, 6) is 0.317. The third kappa shape index (κ3) is 2.56. The highest BCUT2D eigenvalue weighted by Gasteiger charge is 2.19. The summed E-state index contributed by atoms with van der Waals surface area (Å²) in [7, 11) is 0. The average molecular weight is 288 g/mol. The minimum absolute atomic E-state index is 0.195. The third-order valence-electron chi connectivity index (χ3n) is 3.26. The Morgan fingerprint density at radius 2 is 2.10 bits per heavy atom. The fraction of sp³-hybridized carbons (Fsp3) is 0.333. The molecule has 1 aromatic carbocycles. The zero-order valence-corrected chi connectivity index (χ0v) is 11.7. The number of nitrogens with zero attached hydrogens (tertiary/aromatic N) is 2. The Morgan fingerprint density at radius 3 is 2.81 bits per heavy atom. The Balaban J connectivity index is 2.04. The number of hydrogen-bond donors (Lipinski definition) is 1. The minimum Gasteiger partial charge on any atom is -0.486 e. The number of aryl methyl sites for hydroxylation is 1. The van der Waals surface area contributed by atoms with Gasteiger partial charge in [0.2, 0.25) is 0 Å². The molecule has 0 atom stereocenters. The first-order valence-electron chi connectivity index (χ1n) is 6.90. The van der Waals surface area contributed by atoms with Crippen LogP contribution in [0.25, 0.3) is 11.3 Å². The summed E-state index contributed by atoms with van der Waals surface area (Å²) in [6.07, 6.45) is 2.46. The van der Waals surface area contributed by atoms with Crippen molar-refractivity contribution in [3.8, 4) is 22.8 Å². The first-order chi connectivity index (χ1) is 10.2. The highest BCUT2D eigenvalue weighted by atomic mass is 16.6. The van der Waals surface area contributed by atoms with Crippen LogP contribution in [-0.4, -0.2) is 34.1 Å². The molecule has 0 fully saturated rings. The van der Waals surface area contributed by atoms with Crippen molar-refractivity contribution in [2.45, 2.75) is 19.9 Å². The summed E-state index contributed by atoms with van der Waals surface area (Å²) < 4.78 is 12.7. The van der Waals surface area contributed by atoms with Crippen LogP contribution >= 0.6 is 0 Å². The molecule has 1 aromatic heterocycles. The van der Waals surface area contributed by atoms with Gasteiger partial charge < -0.3 is 14.6 Å². The van der Waals surface area contributed by atoms with E-state index in [9.17, 15) is 9.90 Å². The fourth-order valence-corrected chi connectivity index (χ4v) is 2.33. The van der Waals surface area contributed by atoms with Crippen LogP contribution in [0.4, 0.5) is 0 Å². The normalized spacial score (nSPS) is 13.2. The van der Waals surface area contributed by atoms with Gasteiger partial charge in [-0.3, -0.25) is 4.68 Å². The van der Waals surface area contributed by atoms with E-state index in [1.165, 1.54) is 0 Å². The van der Waals surface area contributed by atoms with Crippen LogP contribution in [0, 0.1) is 0 Å². The Morgan fingerprint density at radius 1 is 1.33 bits per heavy atom. The molecular formula is C15H16N2O4. The number of carboxylic acid groups (broad SMARTS) is 1. The van der Waals surface area contributed by atoms with Crippen molar-refractivity contribution in [3.63, 3.8) is 0 Å². The maximum absolute atomic E-state index is 11.4. The molecule has 0 radical (unpaired) electrons. The van der Waals surface area contributed by atoms with E-state index in [1.807, 2.05) is 6.92 Å². The number of ether oxygens (including phenoxy) is 2. The fourth-order valence-electron chi connectivity index (χ4n) is 2.33. The van der Waals surface area contributed by atoms with Crippen molar-refractivity contribution in [2.24, 2.45) is 0 Å². The molecule has 6 nitrogen and oxygen atoms in total. The number of aromatic carboxylic acids is 1. The summed E-state index contributed by atoms with van der Waals surface area (Å²) in [6.45, 7) is 3.72. The van der Waals surface area contributed by atoms with Gasteiger partial charge in [-0.15, -0.1) is 0 Å². The standard InChI is InChI=1S/C15H16N2O4/c1-2-5-17-9-11(15(18)19)14(16-17)10-3-4-12-13(8-10)21-7-6-20-12/h3-4,8-9H,2,5-7H2,1H3,(H,18,19). The largest absolute Gasteiger partial charge is 0.486 e. The van der Waals surface area contributed by atoms with Gasteiger partial charge in [0.05, 0.1) is 0 Å². The highest BCUT2D eigenvalue weighted by Crippen LogP contribution is 2.35. The molecule has 1 aliphatic heterocycles. The van der Waals surface area contributed by atoms with E-state index >= 15 is 0 Å². The quantitative estimate of drug-likeness (QED) is 0.935. The van der Waals surface area contributed by atoms with Crippen molar-refractivity contribution in [1.82, 2.24) is 9.78 Å². The average Bonchev–Trinajstić information content (AvgIpc) is 2.91. The summed E-state index contributed by atoms with van der Waals surface area (Å²) in [5, 5.41) is 13.7. The van der Waals surface area contributed by atoms with Crippen molar-refractivity contribution in [3.05, 3.63) is 30.0 Å². The molecular weight excluding hydrogens is 272 g/mol. The molecule has 0 spiro atoms. The zero-order chi connectivity index (χ0) is 14.8. The number of benzene rings is 1. The molecule has 21 heavy (non-hydrogen) atoms. The number of carboxylic acids is 1. The Hall–Kier alpha value is -2.50. The summed E-state index contributed by atoms with van der Waals surface area (Å²) in [6, 6.07) is 5.37. The second kappa shape index (κ2) is 5.47. The van der Waals surface area contributed by atoms with Gasteiger partial charge in [0.25, 0.3) is 0 Å². The van der Waals surface area contributed by atoms with E-state index in [1.54, 1.807) is 29.1 Å². The zero-order valence-electron chi connectivity index (χ0n) is 11.7. The number of fused-ring (bicyclic) bond motifs is 1. The molecule has 0 saturated heterocycles. The number of aromatic nitrogens is 2. The topological polar surface area (TPSA) is 73.6 Å². The van der Waals surface area contributed by atoms with Gasteiger partial charge in [0.15, 0.2) is 11.5 Å². The second-order valence-electron chi connectivity index (χ2n) is 4.82. The molecule has 0 aliphatic carbocycles. The van der Waals surface area contributed by atoms with Crippen molar-refractivity contribution >= 4 is 5.97 Å². The Kier molecular flexibility index (Phi) is 3.51. The molecule has 0 bridgehead atoms. The number of hydrogen-bond acceptors (Lipinski definition) is 4. The van der Waals surface area contributed by atoms with Gasteiger partial charge in [-0.25, -0.2) is 4.79 Å². The summed E-state index contributed by atoms with van der Waals surface area (Å²) in [4.78, 5) is 11.4. The lowest BCUT2D eigenvalue weighted by molar-refractivity contribution is 0.0697. The molecule has 0 unspecified atom stereocenters. The summed E-state index contributed by atoms with van der Waals surface area (Å²) >= 11 is 0. The van der Waals surface area contributed by atoms with E-state index in [2.05, 4.69) is 5.10 Å². The lowest BCUT2D eigenvalue weighted by Gasteiger charge is -2.18. The third-order valence-corrected chi connectivity index (χ3v) is 3.26. The molecule has 2 heterocycles. The first-order valence-corrected chi connectivity index (χ1v) is 6.90. The molecule has 2 aromatic rings. The molecule has 6 heteroatoms. The van der Waals surface area contributed by atoms with Crippen LogP contribution in [0.1, 0.15) is 23.7 Å². The van der Waals surface area contributed by atoms with Crippen LogP contribution in [0.5, 0.6) is 11.5 Å². The predicted octanol–water partition coefficient (Wildman–Crippen LogP) is 2.43. The van der Waals surface area contributed by atoms with Gasteiger partial charge >= 0.3 is 5.97 Å². The van der Waals surface area contributed by atoms with E-state index < -0.39 is 5.97 Å². The van der Waals surface area contributed by atoms with E-state index in [-0.39, 0.29) is 5.56 Å². The number of carbonyl (C=O) groups is 1. The maximum atomic E-state index is 11.4. The van der Waals surface area contributed by atoms with Gasteiger partial charge in [-0.05, 0) is 24.6 Å². The molecule has 3 rings (SSSR count). The monoisotopic (exact) mass is 288 g/mol. The number of rotatable bonds is 4. The van der Waals surface area contributed by atoms with Gasteiger partial charge in [-0.1, -0.05) is 6.92 Å². The van der Waals surface area contributed by atoms with Crippen LogP contribution in [0.15, 0.2) is 24.4 Å². The molecule has 1 N–H and O–H groups in total. The molecule has 0 saturated carbocycles. The highest BCUT2D eigenvalue weighted by molar-refractivity contribution is 5.94. The molecule has 1 aliphatic rings. The maximum Gasteiger partial charge on any atom is 0.339 e. The van der Waals surface area contributed by atoms with Crippen molar-refractivity contribution < 1.29 is 19.4 Å². The molecule has 0 amide bonds. The van der Waals surface area contributed by atoms with Crippen LogP contribution in [0.2, 0.25) is 0 Å².